The Bertz CT molecular complexity index is 248. The number of ether oxygens (including phenoxy) is 2. The van der Waals surface area contributed by atoms with E-state index < -0.39 is 0 Å². The summed E-state index contributed by atoms with van der Waals surface area (Å²) in [5.74, 6) is 0.409. The van der Waals surface area contributed by atoms with E-state index in [1.54, 1.807) is 13.0 Å². The first kappa shape index (κ1) is 14.2. The Morgan fingerprint density at radius 2 is 2.06 bits per heavy atom. The summed E-state index contributed by atoms with van der Waals surface area (Å²) in [6, 6.07) is 0. The number of hydrogen-bond acceptors (Lipinski definition) is 3. The minimum absolute atomic E-state index is 0.285. The molecule has 1 aliphatic rings. The van der Waals surface area contributed by atoms with E-state index in [9.17, 15) is 4.79 Å². The van der Waals surface area contributed by atoms with Crippen LogP contribution in [-0.4, -0.2) is 25.3 Å². The third-order valence-corrected chi connectivity index (χ3v) is 3.31. The number of esters is 1. The van der Waals surface area contributed by atoms with Crippen LogP contribution in [0.25, 0.3) is 0 Å². The molecule has 0 heterocycles. The van der Waals surface area contributed by atoms with E-state index in [-0.39, 0.29) is 5.97 Å². The monoisotopic (exact) mass is 240 g/mol. The van der Waals surface area contributed by atoms with E-state index in [1.807, 2.05) is 0 Å². The summed E-state index contributed by atoms with van der Waals surface area (Å²) in [4.78, 5) is 11.1. The second-order valence-corrected chi connectivity index (χ2v) is 4.48. The van der Waals surface area contributed by atoms with Gasteiger partial charge in [0, 0.05) is 6.08 Å². The van der Waals surface area contributed by atoms with Gasteiger partial charge in [-0.1, -0.05) is 32.3 Å². The largest absolute Gasteiger partial charge is 0.463 e. The highest BCUT2D eigenvalue weighted by Gasteiger charge is 2.23. The third kappa shape index (κ3) is 5.35. The molecule has 98 valence electrons. The molecule has 1 fully saturated rings. The third-order valence-electron chi connectivity index (χ3n) is 3.31. The van der Waals surface area contributed by atoms with Gasteiger partial charge in [-0.25, -0.2) is 4.79 Å². The number of rotatable bonds is 6. The number of carbonyl (C=O) groups is 1. The average Bonchev–Trinajstić information content (AvgIpc) is 2.35. The van der Waals surface area contributed by atoms with Crippen molar-refractivity contribution in [3.8, 4) is 0 Å². The molecule has 0 saturated heterocycles. The van der Waals surface area contributed by atoms with Gasteiger partial charge >= 0.3 is 5.97 Å². The molecule has 0 aromatic rings. The summed E-state index contributed by atoms with van der Waals surface area (Å²) in [6.45, 7) is 4.96. The Morgan fingerprint density at radius 1 is 1.29 bits per heavy atom. The van der Waals surface area contributed by atoms with Gasteiger partial charge in [-0.15, -0.1) is 0 Å². The summed E-state index contributed by atoms with van der Waals surface area (Å²) in [5, 5.41) is 0. The van der Waals surface area contributed by atoms with E-state index in [4.69, 9.17) is 9.47 Å². The SMILES string of the molecule is CCOC(=O)/C=C/COC1CCCCC1CC. The predicted molar refractivity (Wildman–Crippen MR) is 67.8 cm³/mol. The molecule has 1 rings (SSSR count). The van der Waals surface area contributed by atoms with Gasteiger partial charge in [0.05, 0.1) is 19.3 Å². The minimum Gasteiger partial charge on any atom is -0.463 e. The molecule has 0 spiro atoms. The fourth-order valence-electron chi connectivity index (χ4n) is 2.37. The highest BCUT2D eigenvalue weighted by Crippen LogP contribution is 2.28. The van der Waals surface area contributed by atoms with Gasteiger partial charge in [0.25, 0.3) is 0 Å². The van der Waals surface area contributed by atoms with Gasteiger partial charge in [-0.05, 0) is 25.7 Å². The Hall–Kier alpha value is -0.830. The van der Waals surface area contributed by atoms with Gasteiger partial charge in [0.1, 0.15) is 0 Å². The van der Waals surface area contributed by atoms with Gasteiger partial charge in [0.2, 0.25) is 0 Å². The number of carbonyl (C=O) groups excluding carboxylic acids is 1. The zero-order valence-electron chi connectivity index (χ0n) is 11.0. The standard InChI is InChI=1S/C14H24O3/c1-3-12-8-5-6-9-13(12)17-11-7-10-14(15)16-4-2/h7,10,12-13H,3-6,8-9,11H2,1-2H3/b10-7+. The van der Waals surface area contributed by atoms with Crippen LogP contribution >= 0.6 is 0 Å². The molecule has 0 radical (unpaired) electrons. The van der Waals surface area contributed by atoms with Crippen molar-refractivity contribution in [2.45, 2.75) is 52.1 Å². The maximum atomic E-state index is 11.1. The Morgan fingerprint density at radius 3 is 2.76 bits per heavy atom. The molecule has 0 bridgehead atoms. The normalized spacial score (nSPS) is 25.1. The second kappa shape index (κ2) is 8.29. The van der Waals surface area contributed by atoms with Gasteiger partial charge in [-0.3, -0.25) is 0 Å². The summed E-state index contributed by atoms with van der Waals surface area (Å²) in [7, 11) is 0. The molecular weight excluding hydrogens is 216 g/mol. The van der Waals surface area contributed by atoms with Gasteiger partial charge < -0.3 is 9.47 Å². The first-order valence-corrected chi connectivity index (χ1v) is 6.72. The summed E-state index contributed by atoms with van der Waals surface area (Å²) in [6.07, 6.45) is 9.80. The highest BCUT2D eigenvalue weighted by atomic mass is 16.5. The van der Waals surface area contributed by atoms with Crippen LogP contribution in [0.4, 0.5) is 0 Å². The zero-order chi connectivity index (χ0) is 12.5. The molecule has 0 N–H and O–H groups in total. The lowest BCUT2D eigenvalue weighted by molar-refractivity contribution is -0.137. The maximum absolute atomic E-state index is 11.1. The minimum atomic E-state index is -0.285. The number of hydrogen-bond donors (Lipinski definition) is 0. The molecule has 0 aromatic heterocycles. The van der Waals surface area contributed by atoms with Crippen molar-refractivity contribution in [3.63, 3.8) is 0 Å². The molecule has 3 heteroatoms. The fourth-order valence-corrected chi connectivity index (χ4v) is 2.37. The maximum Gasteiger partial charge on any atom is 0.330 e. The Balaban J connectivity index is 2.22. The molecule has 0 aliphatic heterocycles. The molecule has 1 saturated carbocycles. The Labute approximate surface area is 104 Å². The highest BCUT2D eigenvalue weighted by molar-refractivity contribution is 5.81. The second-order valence-electron chi connectivity index (χ2n) is 4.48. The van der Waals surface area contributed by atoms with Crippen molar-refractivity contribution in [1.82, 2.24) is 0 Å². The van der Waals surface area contributed by atoms with Crippen LogP contribution in [0, 0.1) is 5.92 Å². The summed E-state index contributed by atoms with van der Waals surface area (Å²) >= 11 is 0. The summed E-state index contributed by atoms with van der Waals surface area (Å²) in [5.41, 5.74) is 0. The van der Waals surface area contributed by atoms with Crippen molar-refractivity contribution in [2.24, 2.45) is 5.92 Å². The Kier molecular flexibility index (Phi) is 6.94. The predicted octanol–water partition coefficient (Wildman–Crippen LogP) is 3.09. The van der Waals surface area contributed by atoms with Crippen molar-refractivity contribution >= 4 is 5.97 Å². The van der Waals surface area contributed by atoms with Gasteiger partial charge in [0.15, 0.2) is 0 Å². The molecule has 0 aromatic carbocycles. The topological polar surface area (TPSA) is 35.5 Å². The molecule has 0 amide bonds. The van der Waals surface area contributed by atoms with Crippen LogP contribution in [0.3, 0.4) is 0 Å². The first-order chi connectivity index (χ1) is 8.27. The van der Waals surface area contributed by atoms with Crippen molar-refractivity contribution in [3.05, 3.63) is 12.2 Å². The van der Waals surface area contributed by atoms with E-state index in [2.05, 4.69) is 6.92 Å². The van der Waals surface area contributed by atoms with Gasteiger partial charge in [-0.2, -0.15) is 0 Å². The van der Waals surface area contributed by atoms with Crippen LogP contribution in [0.1, 0.15) is 46.0 Å². The first-order valence-electron chi connectivity index (χ1n) is 6.72. The average molecular weight is 240 g/mol. The smallest absolute Gasteiger partial charge is 0.330 e. The molecule has 3 nitrogen and oxygen atoms in total. The summed E-state index contributed by atoms with van der Waals surface area (Å²) < 4.78 is 10.6. The zero-order valence-corrected chi connectivity index (χ0v) is 11.0. The lowest BCUT2D eigenvalue weighted by Gasteiger charge is -2.30. The van der Waals surface area contributed by atoms with Crippen LogP contribution in [0.5, 0.6) is 0 Å². The molecular formula is C14H24O3. The lowest BCUT2D eigenvalue weighted by Crippen LogP contribution is -2.27. The van der Waals surface area contributed by atoms with E-state index >= 15 is 0 Å². The van der Waals surface area contributed by atoms with Crippen molar-refractivity contribution < 1.29 is 14.3 Å². The van der Waals surface area contributed by atoms with Crippen LogP contribution < -0.4 is 0 Å². The van der Waals surface area contributed by atoms with E-state index in [1.165, 1.54) is 31.8 Å². The molecule has 2 atom stereocenters. The van der Waals surface area contributed by atoms with Crippen molar-refractivity contribution in [2.75, 3.05) is 13.2 Å². The molecule has 1 aliphatic carbocycles. The molecule has 17 heavy (non-hydrogen) atoms. The fraction of sp³-hybridized carbons (Fsp3) is 0.786. The van der Waals surface area contributed by atoms with E-state index in [0.29, 0.717) is 25.2 Å². The van der Waals surface area contributed by atoms with E-state index in [0.717, 1.165) is 6.42 Å². The lowest BCUT2D eigenvalue weighted by atomic mass is 9.85. The van der Waals surface area contributed by atoms with Crippen LogP contribution in [-0.2, 0) is 14.3 Å². The molecule has 2 unspecified atom stereocenters. The quantitative estimate of drug-likeness (QED) is 0.528. The van der Waals surface area contributed by atoms with Crippen LogP contribution in [0.15, 0.2) is 12.2 Å². The van der Waals surface area contributed by atoms with Crippen molar-refractivity contribution in [1.29, 1.82) is 0 Å². The van der Waals surface area contributed by atoms with Crippen LogP contribution in [0.2, 0.25) is 0 Å².